The van der Waals surface area contributed by atoms with Gasteiger partial charge >= 0.3 is 0 Å². The first-order valence-corrected chi connectivity index (χ1v) is 7.30. The third-order valence-electron chi connectivity index (χ3n) is 3.27. The average Bonchev–Trinajstić information content (AvgIpc) is 2.28. The lowest BCUT2D eigenvalue weighted by atomic mass is 9.85. The average molecular weight is 327 g/mol. The molecule has 0 radical (unpaired) electrons. The standard InChI is InChI=1S/C15H23BrN2O/c1-10(11-5-7-12(16)8-6-11)18-14(19)9-13(17)15(2,3)4/h5-8,10,13H,9,17H2,1-4H3,(H,18,19)/t10-,13?/m1/s1. The Morgan fingerprint density at radius 1 is 1.32 bits per heavy atom. The summed E-state index contributed by atoms with van der Waals surface area (Å²) in [6.45, 7) is 8.11. The number of nitrogens with two attached hydrogens (primary N) is 1. The molecule has 3 nitrogen and oxygen atoms in total. The van der Waals surface area contributed by atoms with Crippen LogP contribution in [-0.4, -0.2) is 11.9 Å². The fraction of sp³-hybridized carbons (Fsp3) is 0.533. The van der Waals surface area contributed by atoms with Crippen LogP contribution in [0.5, 0.6) is 0 Å². The summed E-state index contributed by atoms with van der Waals surface area (Å²) in [5.41, 5.74) is 7.05. The van der Waals surface area contributed by atoms with Crippen molar-refractivity contribution in [1.82, 2.24) is 5.32 Å². The predicted octanol–water partition coefficient (Wildman–Crippen LogP) is 3.39. The molecule has 0 saturated carbocycles. The number of carbonyl (C=O) groups is 1. The van der Waals surface area contributed by atoms with Gasteiger partial charge in [0.15, 0.2) is 0 Å². The maximum Gasteiger partial charge on any atom is 0.222 e. The minimum Gasteiger partial charge on any atom is -0.350 e. The molecular weight excluding hydrogens is 304 g/mol. The monoisotopic (exact) mass is 326 g/mol. The van der Waals surface area contributed by atoms with Gasteiger partial charge in [-0.15, -0.1) is 0 Å². The highest BCUT2D eigenvalue weighted by atomic mass is 79.9. The number of halogens is 1. The van der Waals surface area contributed by atoms with Gasteiger partial charge in [-0.2, -0.15) is 0 Å². The van der Waals surface area contributed by atoms with Crippen molar-refractivity contribution in [2.24, 2.45) is 11.1 Å². The summed E-state index contributed by atoms with van der Waals surface area (Å²) in [6.07, 6.45) is 0.352. The highest BCUT2D eigenvalue weighted by Gasteiger charge is 2.23. The zero-order valence-corrected chi connectivity index (χ0v) is 13.6. The number of hydrogen-bond donors (Lipinski definition) is 2. The van der Waals surface area contributed by atoms with Gasteiger partial charge < -0.3 is 11.1 Å². The van der Waals surface area contributed by atoms with Crippen LogP contribution in [0.2, 0.25) is 0 Å². The quantitative estimate of drug-likeness (QED) is 0.891. The van der Waals surface area contributed by atoms with Crippen LogP contribution in [0.15, 0.2) is 28.7 Å². The Bertz CT molecular complexity index is 423. The maximum absolute atomic E-state index is 12.0. The smallest absolute Gasteiger partial charge is 0.222 e. The first-order valence-electron chi connectivity index (χ1n) is 6.50. The van der Waals surface area contributed by atoms with Crippen molar-refractivity contribution in [3.05, 3.63) is 34.3 Å². The lowest BCUT2D eigenvalue weighted by Gasteiger charge is -2.27. The third-order valence-corrected chi connectivity index (χ3v) is 3.79. The first-order chi connectivity index (χ1) is 8.70. The second-order valence-electron chi connectivity index (χ2n) is 6.02. The van der Waals surface area contributed by atoms with Gasteiger partial charge in [-0.25, -0.2) is 0 Å². The molecule has 106 valence electrons. The van der Waals surface area contributed by atoms with Crippen molar-refractivity contribution in [2.75, 3.05) is 0 Å². The van der Waals surface area contributed by atoms with Crippen molar-refractivity contribution in [2.45, 2.75) is 46.2 Å². The van der Waals surface area contributed by atoms with E-state index in [4.69, 9.17) is 5.73 Å². The fourth-order valence-corrected chi connectivity index (χ4v) is 1.91. The van der Waals surface area contributed by atoms with Crippen molar-refractivity contribution in [3.8, 4) is 0 Å². The van der Waals surface area contributed by atoms with Gasteiger partial charge in [-0.05, 0) is 30.0 Å². The van der Waals surface area contributed by atoms with Gasteiger partial charge in [-0.1, -0.05) is 48.8 Å². The number of benzene rings is 1. The Morgan fingerprint density at radius 2 is 1.84 bits per heavy atom. The van der Waals surface area contributed by atoms with Gasteiger partial charge in [-0.3, -0.25) is 4.79 Å². The number of rotatable bonds is 4. The lowest BCUT2D eigenvalue weighted by Crippen LogP contribution is -2.40. The molecule has 0 heterocycles. The molecule has 1 unspecified atom stereocenters. The van der Waals surface area contributed by atoms with E-state index >= 15 is 0 Å². The van der Waals surface area contributed by atoms with E-state index in [2.05, 4.69) is 21.2 Å². The summed E-state index contributed by atoms with van der Waals surface area (Å²) in [5.74, 6) is -0.00200. The molecule has 0 aliphatic heterocycles. The largest absolute Gasteiger partial charge is 0.350 e. The minimum absolute atomic E-state index is 0.00200. The number of carbonyl (C=O) groups excluding carboxylic acids is 1. The maximum atomic E-state index is 12.0. The van der Waals surface area contributed by atoms with E-state index in [1.165, 1.54) is 0 Å². The van der Waals surface area contributed by atoms with Crippen molar-refractivity contribution in [3.63, 3.8) is 0 Å². The van der Waals surface area contributed by atoms with Crippen molar-refractivity contribution < 1.29 is 4.79 Å². The normalized spacial score (nSPS) is 14.8. The molecule has 0 aliphatic carbocycles. The van der Waals surface area contributed by atoms with Gasteiger partial charge in [0.05, 0.1) is 6.04 Å². The van der Waals surface area contributed by atoms with Crippen LogP contribution in [0.4, 0.5) is 0 Å². The van der Waals surface area contributed by atoms with Gasteiger partial charge in [0.1, 0.15) is 0 Å². The molecule has 1 aromatic rings. The summed E-state index contributed by atoms with van der Waals surface area (Å²) in [6, 6.07) is 7.80. The van der Waals surface area contributed by atoms with E-state index in [0.29, 0.717) is 6.42 Å². The lowest BCUT2D eigenvalue weighted by molar-refractivity contribution is -0.122. The molecule has 0 fully saturated rings. The zero-order valence-electron chi connectivity index (χ0n) is 12.0. The molecule has 1 aromatic carbocycles. The van der Waals surface area contributed by atoms with Crippen LogP contribution in [0.25, 0.3) is 0 Å². The van der Waals surface area contributed by atoms with Crippen molar-refractivity contribution >= 4 is 21.8 Å². The Kier molecular flexibility index (Phi) is 5.56. The second-order valence-corrected chi connectivity index (χ2v) is 6.93. The molecule has 19 heavy (non-hydrogen) atoms. The highest BCUT2D eigenvalue weighted by molar-refractivity contribution is 9.10. The summed E-state index contributed by atoms with van der Waals surface area (Å²) < 4.78 is 1.03. The fourth-order valence-electron chi connectivity index (χ4n) is 1.64. The summed E-state index contributed by atoms with van der Waals surface area (Å²) >= 11 is 3.40. The molecule has 1 amide bonds. The number of nitrogens with one attached hydrogen (secondary N) is 1. The zero-order chi connectivity index (χ0) is 14.6. The Balaban J connectivity index is 2.55. The SMILES string of the molecule is C[C@@H](NC(=O)CC(N)C(C)(C)C)c1ccc(Br)cc1. The summed E-state index contributed by atoms with van der Waals surface area (Å²) in [5, 5.41) is 2.98. The summed E-state index contributed by atoms with van der Waals surface area (Å²) in [4.78, 5) is 12.0. The van der Waals surface area contributed by atoms with E-state index in [-0.39, 0.29) is 23.4 Å². The van der Waals surface area contributed by atoms with Crippen molar-refractivity contribution in [1.29, 1.82) is 0 Å². The van der Waals surface area contributed by atoms with Crippen LogP contribution in [0.1, 0.15) is 45.7 Å². The molecule has 0 spiro atoms. The van der Waals surface area contributed by atoms with Gasteiger partial charge in [0, 0.05) is 16.9 Å². The molecule has 1 rings (SSSR count). The van der Waals surface area contributed by atoms with E-state index in [0.717, 1.165) is 10.0 Å². The van der Waals surface area contributed by atoms with Crippen LogP contribution in [-0.2, 0) is 4.79 Å². The molecule has 0 aliphatic rings. The van der Waals surface area contributed by atoms with Crippen LogP contribution in [0.3, 0.4) is 0 Å². The second kappa shape index (κ2) is 6.53. The summed E-state index contributed by atoms with van der Waals surface area (Å²) in [7, 11) is 0. The molecule has 0 aromatic heterocycles. The molecule has 0 bridgehead atoms. The van der Waals surface area contributed by atoms with Crippen LogP contribution >= 0.6 is 15.9 Å². The molecule has 2 atom stereocenters. The van der Waals surface area contributed by atoms with Gasteiger partial charge in [0.25, 0.3) is 0 Å². The molecular formula is C15H23BrN2O. The number of amides is 1. The van der Waals surface area contributed by atoms with Crippen LogP contribution < -0.4 is 11.1 Å². The minimum atomic E-state index is -0.135. The molecule has 3 N–H and O–H groups in total. The Labute approximate surface area is 124 Å². The predicted molar refractivity (Wildman–Crippen MR) is 82.7 cm³/mol. The number of hydrogen-bond acceptors (Lipinski definition) is 2. The van der Waals surface area contributed by atoms with E-state index in [9.17, 15) is 4.79 Å². The topological polar surface area (TPSA) is 55.1 Å². The van der Waals surface area contributed by atoms with Crippen LogP contribution in [0, 0.1) is 5.41 Å². The molecule has 0 saturated heterocycles. The van der Waals surface area contributed by atoms with E-state index < -0.39 is 0 Å². The molecule has 4 heteroatoms. The third kappa shape index (κ3) is 5.33. The Morgan fingerprint density at radius 3 is 2.32 bits per heavy atom. The first kappa shape index (κ1) is 16.2. The van der Waals surface area contributed by atoms with Gasteiger partial charge in [0.2, 0.25) is 5.91 Å². The highest BCUT2D eigenvalue weighted by Crippen LogP contribution is 2.20. The van der Waals surface area contributed by atoms with E-state index in [1.54, 1.807) is 0 Å². The van der Waals surface area contributed by atoms with E-state index in [1.807, 2.05) is 52.0 Å². The Hall–Kier alpha value is -0.870.